The molecule has 1 saturated heterocycles. The number of piperidine rings is 1. The first kappa shape index (κ1) is 29.5. The number of H-pyrrole nitrogens is 2. The smallest absolute Gasteiger partial charge is 0.372 e. The van der Waals surface area contributed by atoms with Gasteiger partial charge >= 0.3 is 18.0 Å². The Bertz CT molecular complexity index is 1340. The van der Waals surface area contributed by atoms with Crippen LogP contribution in [0.1, 0.15) is 66.8 Å². The number of aromatic amines is 2. The van der Waals surface area contributed by atoms with Gasteiger partial charge in [0.25, 0.3) is 0 Å². The third-order valence-electron chi connectivity index (χ3n) is 7.35. The summed E-state index contributed by atoms with van der Waals surface area (Å²) >= 11 is 0. The van der Waals surface area contributed by atoms with E-state index in [9.17, 15) is 35.9 Å². The largest absolute Gasteiger partial charge is 0.416 e. The molecule has 1 unspecified atom stereocenters. The molecule has 1 aliphatic heterocycles. The van der Waals surface area contributed by atoms with E-state index in [1.54, 1.807) is 19.1 Å². The molecule has 0 radical (unpaired) electrons. The Labute approximate surface area is 225 Å². The van der Waals surface area contributed by atoms with Crippen molar-refractivity contribution < 1.29 is 35.9 Å². The molecule has 1 aliphatic rings. The predicted octanol–water partition coefficient (Wildman–Crippen LogP) is 5.48. The fourth-order valence-electron chi connectivity index (χ4n) is 4.94. The second kappa shape index (κ2) is 11.2. The maximum Gasteiger partial charge on any atom is 0.416 e. The van der Waals surface area contributed by atoms with E-state index < -0.39 is 52.6 Å². The summed E-state index contributed by atoms with van der Waals surface area (Å²) in [5.74, 6) is -0.974. The molecule has 13 heteroatoms. The molecule has 4 atom stereocenters. The number of nitrogens with one attached hydrogen (secondary N) is 3. The molecule has 1 fully saturated rings. The molecule has 7 nitrogen and oxygen atoms in total. The molecule has 216 valence electrons. The number of Topliss-reactive ketones (excluding diaryl/α,β-unsaturated/α-hetero) is 1. The van der Waals surface area contributed by atoms with Gasteiger partial charge in [-0.3, -0.25) is 9.78 Å². The molecule has 0 amide bonds. The monoisotopic (exact) mass is 570 g/mol. The highest BCUT2D eigenvalue weighted by molar-refractivity contribution is 5.87. The maximum absolute atomic E-state index is 13.4. The minimum absolute atomic E-state index is 0.0705. The molecular weight excluding hydrogens is 542 g/mol. The van der Waals surface area contributed by atoms with Crippen molar-refractivity contribution in [2.24, 2.45) is 5.92 Å². The van der Waals surface area contributed by atoms with Gasteiger partial charge in [-0.05, 0) is 56.0 Å². The number of ether oxygens (including phenoxy) is 1. The number of ketones is 1. The molecule has 0 saturated carbocycles. The highest BCUT2D eigenvalue weighted by atomic mass is 19.4. The van der Waals surface area contributed by atoms with E-state index in [0.717, 1.165) is 5.56 Å². The normalized spacial score (nSPS) is 21.6. The molecule has 1 aromatic heterocycles. The van der Waals surface area contributed by atoms with Gasteiger partial charge in [0.1, 0.15) is 11.6 Å². The van der Waals surface area contributed by atoms with Crippen molar-refractivity contribution in [3.8, 4) is 0 Å². The zero-order valence-electron chi connectivity index (χ0n) is 21.6. The lowest BCUT2D eigenvalue weighted by atomic mass is 9.77. The lowest BCUT2D eigenvalue weighted by Crippen LogP contribution is -2.53. The van der Waals surface area contributed by atoms with Crippen LogP contribution in [0.5, 0.6) is 0 Å². The van der Waals surface area contributed by atoms with Crippen LogP contribution >= 0.6 is 0 Å². The molecular formula is C27H28F6N4O3. The van der Waals surface area contributed by atoms with Gasteiger partial charge in [0.2, 0.25) is 0 Å². The molecule has 3 aromatic rings. The van der Waals surface area contributed by atoms with Gasteiger partial charge in [-0.15, -0.1) is 0 Å². The Balaban J connectivity index is 1.54. The summed E-state index contributed by atoms with van der Waals surface area (Å²) in [6.45, 7) is 3.21. The Morgan fingerprint density at radius 2 is 1.68 bits per heavy atom. The number of alkyl halides is 6. The van der Waals surface area contributed by atoms with Crippen LogP contribution in [0.4, 0.5) is 26.3 Å². The minimum atomic E-state index is -4.96. The Hall–Kier alpha value is -3.45. The van der Waals surface area contributed by atoms with E-state index in [-0.39, 0.29) is 36.4 Å². The van der Waals surface area contributed by atoms with Crippen LogP contribution in [0.2, 0.25) is 0 Å². The topological polar surface area (TPSA) is 99.9 Å². The van der Waals surface area contributed by atoms with Crippen LogP contribution in [0.25, 0.3) is 0 Å². The van der Waals surface area contributed by atoms with Gasteiger partial charge in [0.15, 0.2) is 0 Å². The SMILES string of the molecule is CC(C(=O)[C@@H]1CC[C@@](CO[C@H](C)c2cc(C(F)(F)F)cc(C(F)(F)F)c2)(c2ccccc2)NC1)c1n[nH]c(=O)[nH]1. The van der Waals surface area contributed by atoms with E-state index in [4.69, 9.17) is 4.74 Å². The van der Waals surface area contributed by atoms with Gasteiger partial charge in [-0.2, -0.15) is 31.4 Å². The molecule has 4 rings (SSSR count). The lowest BCUT2D eigenvalue weighted by molar-refractivity contribution is -0.143. The molecule has 2 heterocycles. The summed E-state index contributed by atoms with van der Waals surface area (Å²) in [6.07, 6.45) is -10.2. The number of halogens is 6. The zero-order chi connectivity index (χ0) is 29.3. The molecule has 0 aliphatic carbocycles. The molecule has 2 aromatic carbocycles. The third kappa shape index (κ3) is 6.47. The van der Waals surface area contributed by atoms with Gasteiger partial charge < -0.3 is 10.1 Å². The summed E-state index contributed by atoms with van der Waals surface area (Å²) < 4.78 is 86.1. The van der Waals surface area contributed by atoms with E-state index in [0.29, 0.717) is 25.0 Å². The van der Waals surface area contributed by atoms with Gasteiger partial charge in [-0.25, -0.2) is 9.89 Å². The van der Waals surface area contributed by atoms with Gasteiger partial charge in [0, 0.05) is 12.5 Å². The number of hydrogen-bond acceptors (Lipinski definition) is 5. The average Bonchev–Trinajstić information content (AvgIpc) is 3.36. The van der Waals surface area contributed by atoms with Crippen LogP contribution in [-0.2, 0) is 27.4 Å². The van der Waals surface area contributed by atoms with Crippen molar-refractivity contribution in [2.45, 2.75) is 56.6 Å². The number of carbonyl (C=O) groups excluding carboxylic acids is 1. The van der Waals surface area contributed by atoms with Crippen molar-refractivity contribution in [3.63, 3.8) is 0 Å². The summed E-state index contributed by atoms with van der Waals surface area (Å²) in [5.41, 5.74) is -3.63. The van der Waals surface area contributed by atoms with Crippen molar-refractivity contribution in [1.29, 1.82) is 0 Å². The standard InChI is InChI=1S/C27H28F6N4O3/c1-15(23-35-24(39)37-36-23)22(38)17-8-9-25(34-13-17,19-6-4-3-5-7-19)14-40-16(2)18-10-20(26(28,29)30)12-21(11-18)27(31,32)33/h3-7,10-12,15-17,34H,8-9,13-14H2,1-2H3,(H2,35,36,37,39)/t15?,16-,17-,25-/m1/s1. The van der Waals surface area contributed by atoms with Crippen LogP contribution in [0.3, 0.4) is 0 Å². The Kier molecular flexibility index (Phi) is 8.27. The molecule has 3 N–H and O–H groups in total. The lowest BCUT2D eigenvalue weighted by Gasteiger charge is -2.42. The molecule has 40 heavy (non-hydrogen) atoms. The summed E-state index contributed by atoms with van der Waals surface area (Å²) in [6, 6.07) is 10.5. The average molecular weight is 571 g/mol. The fourth-order valence-corrected chi connectivity index (χ4v) is 4.94. The van der Waals surface area contributed by atoms with E-state index in [2.05, 4.69) is 20.5 Å². The number of hydrogen-bond donors (Lipinski definition) is 3. The van der Waals surface area contributed by atoms with Crippen LogP contribution in [-0.4, -0.2) is 34.1 Å². The van der Waals surface area contributed by atoms with Gasteiger partial charge in [0.05, 0.1) is 35.3 Å². The van der Waals surface area contributed by atoms with Crippen LogP contribution in [0.15, 0.2) is 53.3 Å². The molecule has 0 bridgehead atoms. The summed E-state index contributed by atoms with van der Waals surface area (Å²) in [4.78, 5) is 27.0. The van der Waals surface area contributed by atoms with Crippen molar-refractivity contribution in [3.05, 3.63) is 87.1 Å². The quantitative estimate of drug-likeness (QED) is 0.312. The van der Waals surface area contributed by atoms with Crippen LogP contribution < -0.4 is 11.0 Å². The highest BCUT2D eigenvalue weighted by Gasteiger charge is 2.41. The van der Waals surface area contributed by atoms with Crippen molar-refractivity contribution >= 4 is 5.78 Å². The van der Waals surface area contributed by atoms with E-state index in [1.165, 1.54) is 6.92 Å². The Morgan fingerprint density at radius 3 is 2.17 bits per heavy atom. The fraction of sp³-hybridized carbons (Fsp3) is 0.444. The second-order valence-electron chi connectivity index (χ2n) is 10.0. The van der Waals surface area contributed by atoms with E-state index in [1.807, 2.05) is 18.2 Å². The maximum atomic E-state index is 13.4. The molecule has 0 spiro atoms. The van der Waals surface area contributed by atoms with Crippen molar-refractivity contribution in [1.82, 2.24) is 20.5 Å². The predicted molar refractivity (Wildman–Crippen MR) is 132 cm³/mol. The zero-order valence-corrected chi connectivity index (χ0v) is 21.6. The third-order valence-corrected chi connectivity index (χ3v) is 7.35. The first-order valence-electron chi connectivity index (χ1n) is 12.6. The number of carbonyl (C=O) groups is 1. The van der Waals surface area contributed by atoms with Gasteiger partial charge in [-0.1, -0.05) is 30.3 Å². The highest BCUT2D eigenvalue weighted by Crippen LogP contribution is 2.39. The first-order valence-corrected chi connectivity index (χ1v) is 12.6. The second-order valence-corrected chi connectivity index (χ2v) is 10.0. The number of nitrogens with zero attached hydrogens (tertiary/aromatic N) is 1. The summed E-state index contributed by atoms with van der Waals surface area (Å²) in [7, 11) is 0. The summed E-state index contributed by atoms with van der Waals surface area (Å²) in [5, 5.41) is 9.43. The number of aromatic nitrogens is 3. The van der Waals surface area contributed by atoms with E-state index >= 15 is 0 Å². The first-order chi connectivity index (χ1) is 18.7. The van der Waals surface area contributed by atoms with Crippen LogP contribution in [0, 0.1) is 5.92 Å². The number of benzene rings is 2. The minimum Gasteiger partial charge on any atom is -0.372 e. The number of rotatable bonds is 8. The Morgan fingerprint density at radius 1 is 1.05 bits per heavy atom. The van der Waals surface area contributed by atoms with Crippen molar-refractivity contribution in [2.75, 3.05) is 13.2 Å².